The number of rotatable bonds is 5. The number of aromatic nitrogens is 2. The normalized spacial score (nSPS) is 13.6. The molecule has 0 bridgehead atoms. The molecule has 1 aromatic heterocycles. The molecule has 0 fully saturated rings. The highest BCUT2D eigenvalue weighted by Crippen LogP contribution is 2.13. The average molecular weight is 279 g/mol. The molecule has 1 aromatic rings. The van der Waals surface area contributed by atoms with E-state index in [4.69, 9.17) is 0 Å². The predicted molar refractivity (Wildman–Crippen MR) is 75.5 cm³/mol. The molecule has 3 N–H and O–H groups in total. The Balaban J connectivity index is 1.82. The second kappa shape index (κ2) is 6.40. The molecule has 2 heterocycles. The minimum Gasteiger partial charge on any atom is -0.356 e. The van der Waals surface area contributed by atoms with Gasteiger partial charge < -0.3 is 20.5 Å². The van der Waals surface area contributed by atoms with Crippen LogP contribution in [0.3, 0.4) is 0 Å². The Kier molecular flexibility index (Phi) is 4.60. The van der Waals surface area contributed by atoms with E-state index in [2.05, 4.69) is 20.9 Å². The maximum absolute atomic E-state index is 11.9. The van der Waals surface area contributed by atoms with Crippen molar-refractivity contribution in [2.24, 2.45) is 5.92 Å². The number of anilines is 1. The minimum absolute atomic E-state index is 0.0266. The van der Waals surface area contributed by atoms with Gasteiger partial charge in [0.25, 0.3) is 5.91 Å². The van der Waals surface area contributed by atoms with Crippen molar-refractivity contribution in [3.05, 3.63) is 11.9 Å². The summed E-state index contributed by atoms with van der Waals surface area (Å²) >= 11 is 0. The van der Waals surface area contributed by atoms with Crippen molar-refractivity contribution in [3.8, 4) is 0 Å². The van der Waals surface area contributed by atoms with E-state index in [1.807, 2.05) is 18.4 Å². The first kappa shape index (κ1) is 14.4. The van der Waals surface area contributed by atoms with Crippen LogP contribution in [0.25, 0.3) is 0 Å². The van der Waals surface area contributed by atoms with Gasteiger partial charge in [0.1, 0.15) is 5.69 Å². The first-order valence-electron chi connectivity index (χ1n) is 6.92. The van der Waals surface area contributed by atoms with E-state index in [0.717, 1.165) is 19.5 Å². The summed E-state index contributed by atoms with van der Waals surface area (Å²) in [4.78, 5) is 27.6. The summed E-state index contributed by atoms with van der Waals surface area (Å²) in [5.41, 5.74) is 0.339. The Morgan fingerprint density at radius 1 is 1.45 bits per heavy atom. The molecule has 1 aliphatic heterocycles. The molecule has 0 aromatic carbocycles. The third kappa shape index (κ3) is 3.72. The van der Waals surface area contributed by atoms with E-state index >= 15 is 0 Å². The standard InChI is InChI=1S/C13H21N5O2/c1-9(2)6-15-11(19)7-16-12(20)10-8-18-5-3-4-14-13(18)17-10/h8-9H,3-7H2,1-2H3,(H,14,17)(H,15,19)(H,16,20). The number of aryl methyl sites for hydroxylation is 1. The van der Waals surface area contributed by atoms with Crippen LogP contribution in [-0.2, 0) is 11.3 Å². The van der Waals surface area contributed by atoms with Gasteiger partial charge in [-0.1, -0.05) is 13.8 Å². The second-order valence-electron chi connectivity index (χ2n) is 5.30. The lowest BCUT2D eigenvalue weighted by Crippen LogP contribution is -2.38. The maximum atomic E-state index is 11.9. The number of imidazole rings is 1. The molecule has 7 nitrogen and oxygen atoms in total. The predicted octanol–water partition coefficient (Wildman–Crippen LogP) is 0.201. The average Bonchev–Trinajstić information content (AvgIpc) is 2.86. The Hall–Kier alpha value is -2.05. The molecule has 0 unspecified atom stereocenters. The third-order valence-corrected chi connectivity index (χ3v) is 2.99. The molecule has 7 heteroatoms. The van der Waals surface area contributed by atoms with Crippen molar-refractivity contribution in [1.82, 2.24) is 20.2 Å². The smallest absolute Gasteiger partial charge is 0.271 e. The fraction of sp³-hybridized carbons (Fsp3) is 0.615. The van der Waals surface area contributed by atoms with Crippen molar-refractivity contribution >= 4 is 17.8 Å². The molecule has 0 saturated carbocycles. The van der Waals surface area contributed by atoms with E-state index in [-0.39, 0.29) is 18.4 Å². The van der Waals surface area contributed by atoms with E-state index in [0.29, 0.717) is 24.1 Å². The molecule has 0 aliphatic carbocycles. The zero-order chi connectivity index (χ0) is 14.5. The summed E-state index contributed by atoms with van der Waals surface area (Å²) in [6, 6.07) is 0. The van der Waals surface area contributed by atoms with Crippen LogP contribution in [0.5, 0.6) is 0 Å². The highest BCUT2D eigenvalue weighted by Gasteiger charge is 2.16. The molecule has 2 rings (SSSR count). The van der Waals surface area contributed by atoms with Gasteiger partial charge in [0.05, 0.1) is 6.54 Å². The van der Waals surface area contributed by atoms with Crippen LogP contribution in [0, 0.1) is 5.92 Å². The highest BCUT2D eigenvalue weighted by molar-refractivity contribution is 5.95. The number of amides is 2. The minimum atomic E-state index is -0.326. The molecular formula is C13H21N5O2. The molecule has 1 aliphatic rings. The molecule has 0 atom stereocenters. The first-order chi connectivity index (χ1) is 9.56. The van der Waals surface area contributed by atoms with Gasteiger partial charge in [-0.15, -0.1) is 0 Å². The Morgan fingerprint density at radius 2 is 2.25 bits per heavy atom. The number of nitrogens with zero attached hydrogens (tertiary/aromatic N) is 2. The largest absolute Gasteiger partial charge is 0.356 e. The van der Waals surface area contributed by atoms with E-state index in [1.54, 1.807) is 6.20 Å². The van der Waals surface area contributed by atoms with E-state index in [9.17, 15) is 9.59 Å². The van der Waals surface area contributed by atoms with Crippen LogP contribution in [0.15, 0.2) is 6.20 Å². The molecule has 0 spiro atoms. The van der Waals surface area contributed by atoms with Gasteiger partial charge in [-0.3, -0.25) is 9.59 Å². The zero-order valence-corrected chi connectivity index (χ0v) is 11.9. The number of carbonyl (C=O) groups is 2. The molecule has 110 valence electrons. The summed E-state index contributed by atoms with van der Waals surface area (Å²) in [6.45, 7) is 6.34. The molecule has 2 amide bonds. The van der Waals surface area contributed by atoms with E-state index in [1.165, 1.54) is 0 Å². The van der Waals surface area contributed by atoms with Crippen LogP contribution in [0.2, 0.25) is 0 Å². The second-order valence-corrected chi connectivity index (χ2v) is 5.30. The quantitative estimate of drug-likeness (QED) is 0.718. The Labute approximate surface area is 118 Å². The lowest BCUT2D eigenvalue weighted by atomic mass is 10.2. The number of hydrogen-bond acceptors (Lipinski definition) is 4. The summed E-state index contributed by atoms with van der Waals surface area (Å²) in [5, 5.41) is 8.45. The van der Waals surface area contributed by atoms with Gasteiger partial charge in [0.15, 0.2) is 0 Å². The van der Waals surface area contributed by atoms with Crippen LogP contribution >= 0.6 is 0 Å². The number of fused-ring (bicyclic) bond motifs is 1. The van der Waals surface area contributed by atoms with Gasteiger partial charge in [-0.25, -0.2) is 4.98 Å². The molecule has 0 saturated heterocycles. The van der Waals surface area contributed by atoms with Crippen molar-refractivity contribution in [3.63, 3.8) is 0 Å². The molecular weight excluding hydrogens is 258 g/mol. The number of carbonyl (C=O) groups excluding carboxylic acids is 2. The van der Waals surface area contributed by atoms with Crippen LogP contribution in [-0.4, -0.2) is 41.0 Å². The van der Waals surface area contributed by atoms with Gasteiger partial charge in [-0.05, 0) is 12.3 Å². The highest BCUT2D eigenvalue weighted by atomic mass is 16.2. The van der Waals surface area contributed by atoms with Crippen molar-refractivity contribution in [2.45, 2.75) is 26.8 Å². The van der Waals surface area contributed by atoms with Crippen molar-refractivity contribution in [1.29, 1.82) is 0 Å². The summed E-state index contributed by atoms with van der Waals surface area (Å²) in [7, 11) is 0. The van der Waals surface area contributed by atoms with Crippen molar-refractivity contribution < 1.29 is 9.59 Å². The third-order valence-electron chi connectivity index (χ3n) is 2.99. The van der Waals surface area contributed by atoms with Gasteiger partial charge in [0.2, 0.25) is 11.9 Å². The monoisotopic (exact) mass is 279 g/mol. The topological polar surface area (TPSA) is 88.1 Å². The van der Waals surface area contributed by atoms with Crippen LogP contribution < -0.4 is 16.0 Å². The molecule has 20 heavy (non-hydrogen) atoms. The van der Waals surface area contributed by atoms with Gasteiger partial charge in [-0.2, -0.15) is 0 Å². The number of hydrogen-bond donors (Lipinski definition) is 3. The van der Waals surface area contributed by atoms with Crippen LogP contribution in [0.4, 0.5) is 5.95 Å². The fourth-order valence-electron chi connectivity index (χ4n) is 1.92. The Morgan fingerprint density at radius 3 is 2.95 bits per heavy atom. The fourth-order valence-corrected chi connectivity index (χ4v) is 1.92. The van der Waals surface area contributed by atoms with Crippen molar-refractivity contribution in [2.75, 3.05) is 25.0 Å². The SMILES string of the molecule is CC(C)CNC(=O)CNC(=O)c1cn2c(n1)NCCC2. The molecule has 0 radical (unpaired) electrons. The van der Waals surface area contributed by atoms with Gasteiger partial charge in [0, 0.05) is 25.8 Å². The zero-order valence-electron chi connectivity index (χ0n) is 11.9. The van der Waals surface area contributed by atoms with Crippen LogP contribution in [0.1, 0.15) is 30.8 Å². The first-order valence-corrected chi connectivity index (χ1v) is 6.92. The maximum Gasteiger partial charge on any atom is 0.271 e. The summed E-state index contributed by atoms with van der Waals surface area (Å²) in [6.07, 6.45) is 2.73. The lowest BCUT2D eigenvalue weighted by Gasteiger charge is -2.14. The van der Waals surface area contributed by atoms with Gasteiger partial charge >= 0.3 is 0 Å². The summed E-state index contributed by atoms with van der Waals surface area (Å²) in [5.74, 6) is 0.591. The van der Waals surface area contributed by atoms with E-state index < -0.39 is 0 Å². The lowest BCUT2D eigenvalue weighted by molar-refractivity contribution is -0.120. The summed E-state index contributed by atoms with van der Waals surface area (Å²) < 4.78 is 1.91. The Bertz CT molecular complexity index is 471. The number of nitrogens with one attached hydrogen (secondary N) is 3.